The van der Waals surface area contributed by atoms with Crippen LogP contribution in [0.4, 0.5) is 0 Å². The lowest BCUT2D eigenvalue weighted by Gasteiger charge is -2.22. The molecule has 0 radical (unpaired) electrons. The van der Waals surface area contributed by atoms with Crippen molar-refractivity contribution in [3.05, 3.63) is 33.3 Å². The third kappa shape index (κ3) is 4.30. The Morgan fingerprint density at radius 2 is 1.81 bits per heavy atom. The van der Waals surface area contributed by atoms with Crippen molar-refractivity contribution in [2.45, 2.75) is 40.2 Å². The third-order valence-corrected chi connectivity index (χ3v) is 4.90. The van der Waals surface area contributed by atoms with Crippen LogP contribution in [0.25, 0.3) is 0 Å². The van der Waals surface area contributed by atoms with E-state index in [1.54, 1.807) is 12.1 Å². The van der Waals surface area contributed by atoms with Gasteiger partial charge in [-0.05, 0) is 43.0 Å². The van der Waals surface area contributed by atoms with Crippen molar-refractivity contribution in [2.24, 2.45) is 5.92 Å². The molecule has 1 amide bonds. The van der Waals surface area contributed by atoms with Gasteiger partial charge in [0.1, 0.15) is 6.04 Å². The first kappa shape index (κ1) is 17.7. The normalized spacial score (nSPS) is 13.4. The number of methoxy groups -OCH3 is 1. The van der Waals surface area contributed by atoms with E-state index in [2.05, 4.69) is 21.2 Å². The fraction of sp³-hybridized carbons (Fsp3) is 0.500. The summed E-state index contributed by atoms with van der Waals surface area (Å²) < 4.78 is 5.77. The molecule has 116 valence electrons. The predicted molar refractivity (Wildman–Crippen MR) is 86.3 cm³/mol. The Morgan fingerprint density at radius 3 is 2.24 bits per heavy atom. The molecule has 0 aliphatic rings. The number of hydrogen-bond donors (Lipinski definition) is 1. The molecule has 0 aliphatic heterocycles. The van der Waals surface area contributed by atoms with Crippen LogP contribution in [0.2, 0.25) is 0 Å². The molecule has 2 atom stereocenters. The monoisotopic (exact) mass is 355 g/mol. The molecule has 5 heteroatoms. The van der Waals surface area contributed by atoms with E-state index in [1.807, 2.05) is 27.7 Å². The fourth-order valence-corrected chi connectivity index (χ4v) is 2.33. The van der Waals surface area contributed by atoms with E-state index >= 15 is 0 Å². The quantitative estimate of drug-likeness (QED) is 0.823. The van der Waals surface area contributed by atoms with Crippen molar-refractivity contribution in [1.29, 1.82) is 0 Å². The maximum Gasteiger partial charge on any atom is 0.328 e. The van der Waals surface area contributed by atoms with E-state index in [4.69, 9.17) is 4.74 Å². The minimum atomic E-state index is -0.628. The first-order valence-corrected chi connectivity index (χ1v) is 7.76. The molecule has 0 saturated carbocycles. The van der Waals surface area contributed by atoms with Crippen LogP contribution < -0.4 is 5.32 Å². The molecular formula is C16H22BrNO3. The molecule has 1 N–H and O–H groups in total. The minimum Gasteiger partial charge on any atom is -0.467 e. The zero-order valence-corrected chi connectivity index (χ0v) is 14.7. The average Bonchev–Trinajstić information content (AvgIpc) is 2.47. The average molecular weight is 356 g/mol. The van der Waals surface area contributed by atoms with Crippen molar-refractivity contribution in [2.75, 3.05) is 7.11 Å². The Bertz CT molecular complexity index is 519. The van der Waals surface area contributed by atoms with Crippen LogP contribution in [0, 0.1) is 19.8 Å². The van der Waals surface area contributed by atoms with Gasteiger partial charge in [-0.15, -0.1) is 0 Å². The number of carbonyl (C=O) groups excluding carboxylic acids is 2. The molecule has 1 rings (SSSR count). The van der Waals surface area contributed by atoms with Gasteiger partial charge in [0.2, 0.25) is 0 Å². The lowest BCUT2D eigenvalue weighted by molar-refractivity contribution is -0.144. The Labute approximate surface area is 134 Å². The highest BCUT2D eigenvalue weighted by Crippen LogP contribution is 2.22. The van der Waals surface area contributed by atoms with E-state index in [-0.39, 0.29) is 11.8 Å². The van der Waals surface area contributed by atoms with Crippen LogP contribution in [0.5, 0.6) is 0 Å². The fourth-order valence-electron chi connectivity index (χ4n) is 2.10. The van der Waals surface area contributed by atoms with Gasteiger partial charge >= 0.3 is 5.97 Å². The number of ether oxygens (including phenoxy) is 1. The number of carbonyl (C=O) groups is 2. The maximum absolute atomic E-state index is 12.4. The molecule has 0 spiro atoms. The summed E-state index contributed by atoms with van der Waals surface area (Å²) in [5.41, 5.74) is 2.52. The van der Waals surface area contributed by atoms with Crippen LogP contribution in [0.3, 0.4) is 0 Å². The lowest BCUT2D eigenvalue weighted by atomic mass is 9.98. The lowest BCUT2D eigenvalue weighted by Crippen LogP contribution is -2.45. The third-order valence-electron chi connectivity index (χ3n) is 3.65. The van der Waals surface area contributed by atoms with Gasteiger partial charge in [0, 0.05) is 10.0 Å². The summed E-state index contributed by atoms with van der Waals surface area (Å²) in [6.45, 7) is 7.75. The molecule has 21 heavy (non-hydrogen) atoms. The second-order valence-corrected chi connectivity index (χ2v) is 6.08. The van der Waals surface area contributed by atoms with Crippen molar-refractivity contribution in [3.63, 3.8) is 0 Å². The number of rotatable bonds is 5. The van der Waals surface area contributed by atoms with Crippen LogP contribution in [0.1, 0.15) is 41.8 Å². The Morgan fingerprint density at radius 1 is 1.29 bits per heavy atom. The van der Waals surface area contributed by atoms with E-state index < -0.39 is 12.0 Å². The Kier molecular flexibility index (Phi) is 6.40. The standard InChI is InChI=1S/C16H22BrNO3/c1-6-9(2)14(16(20)21-5)18-15(19)12-7-10(3)13(17)11(4)8-12/h7-9,14H,6H2,1-5H3,(H,18,19)/t9?,14-/m1/s1. The number of aryl methyl sites for hydroxylation is 2. The second kappa shape index (κ2) is 7.59. The minimum absolute atomic E-state index is 0.0130. The van der Waals surface area contributed by atoms with Crippen molar-refractivity contribution in [3.8, 4) is 0 Å². The molecule has 0 fully saturated rings. The molecule has 0 aromatic heterocycles. The van der Waals surface area contributed by atoms with Crippen LogP contribution >= 0.6 is 15.9 Å². The first-order valence-electron chi connectivity index (χ1n) is 6.97. The molecule has 4 nitrogen and oxygen atoms in total. The zero-order valence-electron chi connectivity index (χ0n) is 13.1. The number of halogens is 1. The van der Waals surface area contributed by atoms with Crippen molar-refractivity contribution >= 4 is 27.8 Å². The number of nitrogens with one attached hydrogen (secondary N) is 1. The summed E-state index contributed by atoms with van der Waals surface area (Å²) in [5, 5.41) is 2.78. The highest BCUT2D eigenvalue weighted by Gasteiger charge is 2.27. The van der Waals surface area contributed by atoms with E-state index in [0.717, 1.165) is 22.0 Å². The molecule has 1 aromatic rings. The van der Waals surface area contributed by atoms with Gasteiger partial charge in [0.05, 0.1) is 7.11 Å². The summed E-state index contributed by atoms with van der Waals surface area (Å²) in [7, 11) is 1.33. The van der Waals surface area contributed by atoms with Crippen LogP contribution in [-0.2, 0) is 9.53 Å². The number of benzene rings is 1. The smallest absolute Gasteiger partial charge is 0.328 e. The van der Waals surface area contributed by atoms with E-state index in [1.165, 1.54) is 7.11 Å². The highest BCUT2D eigenvalue weighted by molar-refractivity contribution is 9.10. The first-order chi connectivity index (χ1) is 9.81. The van der Waals surface area contributed by atoms with Gasteiger partial charge in [0.15, 0.2) is 0 Å². The zero-order chi connectivity index (χ0) is 16.2. The Hall–Kier alpha value is -1.36. The molecule has 0 aliphatic carbocycles. The molecule has 0 saturated heterocycles. The molecule has 1 unspecified atom stereocenters. The predicted octanol–water partition coefficient (Wildman–Crippen LogP) is 3.38. The van der Waals surface area contributed by atoms with E-state index in [0.29, 0.717) is 5.56 Å². The summed E-state index contributed by atoms with van der Waals surface area (Å²) in [6.07, 6.45) is 0.776. The van der Waals surface area contributed by atoms with Crippen molar-refractivity contribution < 1.29 is 14.3 Å². The molecule has 0 bridgehead atoms. The van der Waals surface area contributed by atoms with E-state index in [9.17, 15) is 9.59 Å². The summed E-state index contributed by atoms with van der Waals surface area (Å²) >= 11 is 3.48. The largest absolute Gasteiger partial charge is 0.467 e. The summed E-state index contributed by atoms with van der Waals surface area (Å²) in [6, 6.07) is 2.98. The van der Waals surface area contributed by atoms with Gasteiger partial charge < -0.3 is 10.1 Å². The topological polar surface area (TPSA) is 55.4 Å². The highest BCUT2D eigenvalue weighted by atomic mass is 79.9. The van der Waals surface area contributed by atoms with Crippen LogP contribution in [0.15, 0.2) is 16.6 Å². The number of hydrogen-bond acceptors (Lipinski definition) is 3. The summed E-state index contributed by atoms with van der Waals surface area (Å²) in [5.74, 6) is -0.660. The SMILES string of the molecule is CCC(C)[C@@H](NC(=O)c1cc(C)c(Br)c(C)c1)C(=O)OC. The molecule has 0 heterocycles. The second-order valence-electron chi connectivity index (χ2n) is 5.28. The summed E-state index contributed by atoms with van der Waals surface area (Å²) in [4.78, 5) is 24.2. The molecular weight excluding hydrogens is 334 g/mol. The number of amides is 1. The number of esters is 1. The molecule has 1 aromatic carbocycles. The van der Waals surface area contributed by atoms with Gasteiger partial charge in [0.25, 0.3) is 5.91 Å². The van der Waals surface area contributed by atoms with Gasteiger partial charge in [-0.2, -0.15) is 0 Å². The van der Waals surface area contributed by atoms with Gasteiger partial charge in [-0.1, -0.05) is 36.2 Å². The Balaban J connectivity index is 2.99. The van der Waals surface area contributed by atoms with Crippen LogP contribution in [-0.4, -0.2) is 25.0 Å². The van der Waals surface area contributed by atoms with Gasteiger partial charge in [-0.3, -0.25) is 4.79 Å². The maximum atomic E-state index is 12.4. The van der Waals surface area contributed by atoms with Crippen molar-refractivity contribution in [1.82, 2.24) is 5.32 Å². The van der Waals surface area contributed by atoms with Gasteiger partial charge in [-0.25, -0.2) is 4.79 Å².